The Bertz CT molecular complexity index is 1070. The Hall–Kier alpha value is -2.90. The minimum Gasteiger partial charge on any atom is -0.383 e. The number of unbranched alkanes of at least 4 members (excludes halogenated alkanes) is 2. The minimum atomic E-state index is -4.64. The summed E-state index contributed by atoms with van der Waals surface area (Å²) in [5.41, 5.74) is 3.97. The van der Waals surface area contributed by atoms with E-state index in [1.807, 2.05) is 0 Å². The number of hydrogen-bond acceptors (Lipinski definition) is 3. The van der Waals surface area contributed by atoms with Gasteiger partial charge in [-0.3, -0.25) is 4.79 Å². The van der Waals surface area contributed by atoms with E-state index < -0.39 is 23.4 Å². The average molecular weight is 393 g/mol. The molecule has 0 amide bonds. The predicted octanol–water partition coefficient (Wildman–Crippen LogP) is 4.99. The van der Waals surface area contributed by atoms with Crippen molar-refractivity contribution in [3.63, 3.8) is 0 Å². The highest BCUT2D eigenvalue weighted by atomic mass is 19.4. The lowest BCUT2D eigenvalue weighted by Crippen LogP contribution is -2.19. The van der Waals surface area contributed by atoms with Gasteiger partial charge in [0.15, 0.2) is 0 Å². The lowest BCUT2D eigenvalue weighted by molar-refractivity contribution is -0.137. The van der Waals surface area contributed by atoms with Gasteiger partial charge in [0, 0.05) is 18.3 Å². The summed E-state index contributed by atoms with van der Waals surface area (Å²) in [4.78, 5) is 16.3. The number of benzene rings is 1. The average Bonchev–Trinajstić information content (AvgIpc) is 2.62. The Morgan fingerprint density at radius 3 is 2.54 bits per heavy atom. The fourth-order valence-electron chi connectivity index (χ4n) is 3.07. The zero-order valence-corrected chi connectivity index (χ0v) is 15.2. The Labute approximate surface area is 158 Å². The summed E-state index contributed by atoms with van der Waals surface area (Å²) in [7, 11) is 0. The van der Waals surface area contributed by atoms with Crippen LogP contribution >= 0.6 is 0 Å². The largest absolute Gasteiger partial charge is 0.419 e. The van der Waals surface area contributed by atoms with Crippen LogP contribution in [0, 0.1) is 5.82 Å². The van der Waals surface area contributed by atoms with E-state index in [4.69, 9.17) is 5.73 Å². The molecule has 2 heterocycles. The van der Waals surface area contributed by atoms with Crippen molar-refractivity contribution >= 4 is 16.6 Å². The highest BCUT2D eigenvalue weighted by molar-refractivity contribution is 5.86. The molecule has 3 rings (SSSR count). The van der Waals surface area contributed by atoms with Crippen molar-refractivity contribution in [1.29, 1.82) is 0 Å². The molecule has 3 aromatic rings. The molecule has 0 aliphatic carbocycles. The third kappa shape index (κ3) is 3.85. The fraction of sp³-hybridized carbons (Fsp3) is 0.300. The first kappa shape index (κ1) is 19.9. The van der Waals surface area contributed by atoms with Gasteiger partial charge < -0.3 is 10.3 Å². The number of nitrogen functional groups attached to an aromatic ring is 1. The lowest BCUT2D eigenvalue weighted by atomic mass is 10.0. The number of pyridine rings is 2. The molecule has 8 heteroatoms. The molecule has 148 valence electrons. The Balaban J connectivity index is 2.04. The predicted molar refractivity (Wildman–Crippen MR) is 100 cm³/mol. The Morgan fingerprint density at radius 1 is 1.14 bits per heavy atom. The van der Waals surface area contributed by atoms with Gasteiger partial charge in [-0.25, -0.2) is 9.37 Å². The summed E-state index contributed by atoms with van der Waals surface area (Å²) < 4.78 is 54.7. The molecular formula is C20H19F4N3O. The van der Waals surface area contributed by atoms with Gasteiger partial charge in [-0.1, -0.05) is 19.8 Å². The molecule has 0 atom stereocenters. The van der Waals surface area contributed by atoms with E-state index >= 15 is 0 Å². The van der Waals surface area contributed by atoms with Crippen molar-refractivity contribution < 1.29 is 17.6 Å². The van der Waals surface area contributed by atoms with Crippen LogP contribution in [0.15, 0.2) is 41.3 Å². The monoisotopic (exact) mass is 393 g/mol. The number of alkyl halides is 3. The third-order valence-corrected chi connectivity index (χ3v) is 4.57. The highest BCUT2D eigenvalue weighted by Crippen LogP contribution is 2.34. The van der Waals surface area contributed by atoms with Crippen LogP contribution in [0.1, 0.15) is 31.7 Å². The van der Waals surface area contributed by atoms with E-state index in [2.05, 4.69) is 11.9 Å². The van der Waals surface area contributed by atoms with Crippen LogP contribution in [0.3, 0.4) is 0 Å². The van der Waals surface area contributed by atoms with E-state index in [-0.39, 0.29) is 22.2 Å². The third-order valence-electron chi connectivity index (χ3n) is 4.57. The number of rotatable bonds is 5. The number of nitrogens with zero attached hydrogens (tertiary/aromatic N) is 2. The molecule has 2 N–H and O–H groups in total. The normalized spacial score (nSPS) is 11.9. The maximum Gasteiger partial charge on any atom is 0.419 e. The maximum atomic E-state index is 14.6. The first-order valence-electron chi connectivity index (χ1n) is 8.89. The van der Waals surface area contributed by atoms with Crippen molar-refractivity contribution in [2.75, 3.05) is 5.73 Å². The molecule has 0 saturated carbocycles. The van der Waals surface area contributed by atoms with E-state index in [0.717, 1.165) is 37.5 Å². The molecule has 0 saturated heterocycles. The number of hydrogen-bond donors (Lipinski definition) is 1. The summed E-state index contributed by atoms with van der Waals surface area (Å²) in [6.07, 6.45) is -0.156. The molecule has 0 bridgehead atoms. The van der Waals surface area contributed by atoms with Crippen LogP contribution in [0.5, 0.6) is 0 Å². The van der Waals surface area contributed by atoms with Crippen molar-refractivity contribution in [1.82, 2.24) is 9.55 Å². The smallest absolute Gasteiger partial charge is 0.383 e. The quantitative estimate of drug-likeness (QED) is 0.491. The second-order valence-electron chi connectivity index (χ2n) is 6.57. The van der Waals surface area contributed by atoms with Crippen molar-refractivity contribution in [3.05, 3.63) is 58.3 Å². The van der Waals surface area contributed by atoms with Crippen LogP contribution in [0.4, 0.5) is 23.4 Å². The van der Waals surface area contributed by atoms with Gasteiger partial charge >= 0.3 is 6.18 Å². The second kappa shape index (κ2) is 7.61. The van der Waals surface area contributed by atoms with Gasteiger partial charge in [-0.15, -0.1) is 0 Å². The molecule has 4 nitrogen and oxygen atoms in total. The minimum absolute atomic E-state index is 0.0175. The Morgan fingerprint density at radius 2 is 1.89 bits per heavy atom. The van der Waals surface area contributed by atoms with E-state index in [1.54, 1.807) is 12.3 Å². The van der Waals surface area contributed by atoms with Crippen LogP contribution in [-0.2, 0) is 12.7 Å². The fourth-order valence-corrected chi connectivity index (χ4v) is 3.07. The van der Waals surface area contributed by atoms with Crippen molar-refractivity contribution in [2.45, 2.75) is 38.9 Å². The molecule has 0 unspecified atom stereocenters. The summed E-state index contributed by atoms with van der Waals surface area (Å²) in [6, 6.07) is 6.01. The van der Waals surface area contributed by atoms with Gasteiger partial charge in [0.1, 0.15) is 11.6 Å². The first-order valence-corrected chi connectivity index (χ1v) is 8.89. The molecule has 0 aliphatic rings. The van der Waals surface area contributed by atoms with Crippen LogP contribution in [0.25, 0.3) is 22.0 Å². The number of fused-ring (bicyclic) bond motifs is 1. The van der Waals surface area contributed by atoms with Gasteiger partial charge in [0.2, 0.25) is 0 Å². The number of halogens is 4. The summed E-state index contributed by atoms with van der Waals surface area (Å²) in [5, 5.41) is 0.688. The van der Waals surface area contributed by atoms with Crippen molar-refractivity contribution in [3.8, 4) is 11.3 Å². The zero-order valence-electron chi connectivity index (χ0n) is 15.2. The van der Waals surface area contributed by atoms with E-state index in [9.17, 15) is 22.4 Å². The summed E-state index contributed by atoms with van der Waals surface area (Å²) in [6.45, 7) is 2.60. The lowest BCUT2D eigenvalue weighted by Gasteiger charge is -2.12. The molecular weight excluding hydrogens is 374 g/mol. The molecule has 0 aliphatic heterocycles. The van der Waals surface area contributed by atoms with Gasteiger partial charge in [0.25, 0.3) is 5.56 Å². The Kier molecular flexibility index (Phi) is 5.40. The maximum absolute atomic E-state index is 14.6. The molecule has 0 radical (unpaired) electrons. The zero-order chi connectivity index (χ0) is 20.5. The van der Waals surface area contributed by atoms with Gasteiger partial charge in [-0.05, 0) is 42.1 Å². The first-order chi connectivity index (χ1) is 13.2. The molecule has 0 fully saturated rings. The SMILES string of the molecule is CCCCCn1ccc2cc(-c3ccc(C(F)(F)F)c(N)n3)c(F)cc2c1=O. The molecule has 0 spiro atoms. The number of aryl methyl sites for hydroxylation is 1. The standard InChI is InChI=1S/C20H19F4N3O/c1-2-3-4-8-27-9-7-12-10-14(16(21)11-13(12)19(27)28)17-6-5-15(18(25)26-17)20(22,23)24/h5-7,9-11H,2-4,8H2,1H3,(H2,25,26). The van der Waals surface area contributed by atoms with Gasteiger partial charge in [-0.2, -0.15) is 13.2 Å². The number of anilines is 1. The van der Waals surface area contributed by atoms with Crippen molar-refractivity contribution in [2.24, 2.45) is 0 Å². The highest BCUT2D eigenvalue weighted by Gasteiger charge is 2.33. The van der Waals surface area contributed by atoms with Crippen LogP contribution in [-0.4, -0.2) is 9.55 Å². The number of aromatic nitrogens is 2. The second-order valence-corrected chi connectivity index (χ2v) is 6.57. The van der Waals surface area contributed by atoms with E-state index in [1.165, 1.54) is 10.6 Å². The topological polar surface area (TPSA) is 60.9 Å². The van der Waals surface area contributed by atoms with E-state index in [0.29, 0.717) is 11.9 Å². The molecule has 2 aromatic heterocycles. The number of nitrogens with two attached hydrogens (primary N) is 1. The molecule has 1 aromatic carbocycles. The summed E-state index contributed by atoms with van der Waals surface area (Å²) in [5.74, 6) is -1.47. The van der Waals surface area contributed by atoms with Crippen LogP contribution in [0.2, 0.25) is 0 Å². The molecule has 28 heavy (non-hydrogen) atoms. The van der Waals surface area contributed by atoms with Gasteiger partial charge in [0.05, 0.1) is 16.6 Å². The summed E-state index contributed by atoms with van der Waals surface area (Å²) >= 11 is 0. The van der Waals surface area contributed by atoms with Crippen LogP contribution < -0.4 is 11.3 Å².